The molecule has 2 rings (SSSR count). The van der Waals surface area contributed by atoms with E-state index in [4.69, 9.17) is 16.6 Å². The lowest BCUT2D eigenvalue weighted by atomic mass is 10.2. The largest absolute Gasteiger partial charge is 0.445 e. The van der Waals surface area contributed by atoms with Crippen molar-refractivity contribution in [2.24, 2.45) is 0 Å². The molecule has 0 saturated carbocycles. The molecule has 0 radical (unpaired) electrons. The molecule has 0 unspecified atom stereocenters. The molecule has 0 atom stereocenters. The molecule has 1 aromatic heterocycles. The molecule has 0 aliphatic carbocycles. The molecular weight excluding hydrogens is 193 g/mol. The second-order valence-corrected chi connectivity index (χ2v) is 3.05. The van der Waals surface area contributed by atoms with Gasteiger partial charge in [0.2, 0.25) is 0 Å². The number of hydrogen-bond acceptors (Lipinski definition) is 2. The summed E-state index contributed by atoms with van der Waals surface area (Å²) < 4.78 is 18.0. The summed E-state index contributed by atoms with van der Waals surface area (Å²) >= 11 is 0. The van der Waals surface area contributed by atoms with Gasteiger partial charge in [-0.05, 0) is 30.2 Å². The van der Waals surface area contributed by atoms with Gasteiger partial charge in [0.05, 0.1) is 5.69 Å². The van der Waals surface area contributed by atoms with Gasteiger partial charge in [0.1, 0.15) is 11.6 Å². The number of nitrogen functional groups attached to an aromatic ring is 1. The molecule has 0 amide bonds. The van der Waals surface area contributed by atoms with Gasteiger partial charge in [-0.1, -0.05) is 0 Å². The molecule has 0 aliphatic rings. The van der Waals surface area contributed by atoms with Gasteiger partial charge in [-0.25, -0.2) is 4.39 Å². The third kappa shape index (κ3) is 1.70. The predicted molar refractivity (Wildman–Crippen MR) is 56.4 cm³/mol. The number of furan rings is 1. The first-order valence-electron chi connectivity index (χ1n) is 4.32. The van der Waals surface area contributed by atoms with E-state index >= 15 is 0 Å². The SMILES string of the molecule is C#Cc1oc(-c2ccc(F)cc2)cc1N. The number of benzene rings is 1. The highest BCUT2D eigenvalue weighted by atomic mass is 19.1. The molecule has 0 fully saturated rings. The van der Waals surface area contributed by atoms with E-state index in [0.29, 0.717) is 17.2 Å². The highest BCUT2D eigenvalue weighted by Gasteiger charge is 2.07. The Labute approximate surface area is 86.5 Å². The molecule has 3 heteroatoms. The van der Waals surface area contributed by atoms with Gasteiger partial charge in [-0.3, -0.25) is 0 Å². The van der Waals surface area contributed by atoms with Crippen LogP contribution in [0.4, 0.5) is 10.1 Å². The van der Waals surface area contributed by atoms with E-state index < -0.39 is 0 Å². The number of anilines is 1. The standard InChI is InChI=1S/C12H8FNO/c1-2-11-10(14)7-12(15-11)8-3-5-9(13)6-4-8/h1,3-7H,14H2. The number of terminal acetylenes is 1. The fraction of sp³-hybridized carbons (Fsp3) is 0. The summed E-state index contributed by atoms with van der Waals surface area (Å²) in [6.07, 6.45) is 5.18. The Bertz CT molecular complexity index is 520. The van der Waals surface area contributed by atoms with E-state index in [1.54, 1.807) is 18.2 Å². The van der Waals surface area contributed by atoms with Crippen molar-refractivity contribution < 1.29 is 8.81 Å². The highest BCUT2D eigenvalue weighted by Crippen LogP contribution is 2.26. The Hall–Kier alpha value is -2.21. The van der Waals surface area contributed by atoms with Crippen molar-refractivity contribution in [1.29, 1.82) is 0 Å². The van der Waals surface area contributed by atoms with E-state index in [1.165, 1.54) is 12.1 Å². The highest BCUT2D eigenvalue weighted by molar-refractivity contribution is 5.65. The summed E-state index contributed by atoms with van der Waals surface area (Å²) in [7, 11) is 0. The van der Waals surface area contributed by atoms with Crippen molar-refractivity contribution in [3.63, 3.8) is 0 Å². The second-order valence-electron chi connectivity index (χ2n) is 3.05. The van der Waals surface area contributed by atoms with Crippen molar-refractivity contribution >= 4 is 5.69 Å². The first-order chi connectivity index (χ1) is 7.20. The zero-order valence-electron chi connectivity index (χ0n) is 7.83. The van der Waals surface area contributed by atoms with Crippen LogP contribution in [0.25, 0.3) is 11.3 Å². The Balaban J connectivity index is 2.46. The third-order valence-electron chi connectivity index (χ3n) is 2.02. The number of halogens is 1. The average molecular weight is 201 g/mol. The Morgan fingerprint density at radius 3 is 2.47 bits per heavy atom. The van der Waals surface area contributed by atoms with Crippen molar-refractivity contribution in [1.82, 2.24) is 0 Å². The van der Waals surface area contributed by atoms with E-state index in [1.807, 2.05) is 0 Å². The molecule has 2 aromatic rings. The minimum absolute atomic E-state index is 0.296. The van der Waals surface area contributed by atoms with Crippen LogP contribution in [0.15, 0.2) is 34.7 Å². The second kappa shape index (κ2) is 3.50. The van der Waals surface area contributed by atoms with Crippen LogP contribution in [0.2, 0.25) is 0 Å². The van der Waals surface area contributed by atoms with Crippen molar-refractivity contribution in [2.75, 3.05) is 5.73 Å². The van der Waals surface area contributed by atoms with Gasteiger partial charge in [0.15, 0.2) is 5.76 Å². The summed E-state index contributed by atoms with van der Waals surface area (Å²) in [6, 6.07) is 7.54. The lowest BCUT2D eigenvalue weighted by Gasteiger charge is -1.94. The lowest BCUT2D eigenvalue weighted by Crippen LogP contribution is -1.82. The molecular formula is C12H8FNO. The van der Waals surface area contributed by atoms with Crippen LogP contribution in [0.3, 0.4) is 0 Å². The summed E-state index contributed by atoms with van der Waals surface area (Å²) in [5.74, 6) is 2.88. The Morgan fingerprint density at radius 1 is 1.27 bits per heavy atom. The third-order valence-corrected chi connectivity index (χ3v) is 2.02. The van der Waals surface area contributed by atoms with Crippen LogP contribution < -0.4 is 5.73 Å². The summed E-state index contributed by atoms with van der Waals surface area (Å²) in [4.78, 5) is 0. The molecule has 2 N–H and O–H groups in total. The van der Waals surface area contributed by atoms with Gasteiger partial charge >= 0.3 is 0 Å². The average Bonchev–Trinajstić information content (AvgIpc) is 2.61. The molecule has 2 nitrogen and oxygen atoms in total. The van der Waals surface area contributed by atoms with Gasteiger partial charge in [0, 0.05) is 11.6 Å². The molecule has 0 saturated heterocycles. The maximum Gasteiger partial charge on any atom is 0.200 e. The zero-order chi connectivity index (χ0) is 10.8. The number of hydrogen-bond donors (Lipinski definition) is 1. The molecule has 1 heterocycles. The molecule has 0 bridgehead atoms. The molecule has 1 aromatic carbocycles. The van der Waals surface area contributed by atoms with E-state index in [-0.39, 0.29) is 5.82 Å². The van der Waals surface area contributed by atoms with Crippen molar-refractivity contribution in [3.8, 4) is 23.7 Å². The first kappa shape index (κ1) is 9.35. The monoisotopic (exact) mass is 201 g/mol. The van der Waals surface area contributed by atoms with Crippen LogP contribution in [0, 0.1) is 18.2 Å². The fourth-order valence-electron chi connectivity index (χ4n) is 1.27. The Morgan fingerprint density at radius 2 is 1.93 bits per heavy atom. The van der Waals surface area contributed by atoms with Gasteiger partial charge in [0.25, 0.3) is 0 Å². The number of rotatable bonds is 1. The van der Waals surface area contributed by atoms with Crippen LogP contribution >= 0.6 is 0 Å². The fourth-order valence-corrected chi connectivity index (χ4v) is 1.27. The molecule has 0 aliphatic heterocycles. The first-order valence-corrected chi connectivity index (χ1v) is 4.32. The molecule has 0 spiro atoms. The van der Waals surface area contributed by atoms with E-state index in [9.17, 15) is 4.39 Å². The number of nitrogens with two attached hydrogens (primary N) is 1. The van der Waals surface area contributed by atoms with Gasteiger partial charge in [-0.2, -0.15) is 0 Å². The Kier molecular flexibility index (Phi) is 2.18. The maximum absolute atomic E-state index is 12.7. The summed E-state index contributed by atoms with van der Waals surface area (Å²) in [5, 5.41) is 0. The van der Waals surface area contributed by atoms with Gasteiger partial charge in [-0.15, -0.1) is 6.42 Å². The quantitative estimate of drug-likeness (QED) is 0.720. The summed E-state index contributed by atoms with van der Waals surface area (Å²) in [5.41, 5.74) is 6.76. The van der Waals surface area contributed by atoms with Crippen LogP contribution in [-0.2, 0) is 0 Å². The minimum Gasteiger partial charge on any atom is -0.445 e. The van der Waals surface area contributed by atoms with Crippen molar-refractivity contribution in [2.45, 2.75) is 0 Å². The topological polar surface area (TPSA) is 39.2 Å². The summed E-state index contributed by atoms with van der Waals surface area (Å²) in [6.45, 7) is 0. The molecule has 15 heavy (non-hydrogen) atoms. The van der Waals surface area contributed by atoms with Crippen LogP contribution in [-0.4, -0.2) is 0 Å². The predicted octanol–water partition coefficient (Wildman–Crippen LogP) is 2.65. The maximum atomic E-state index is 12.7. The lowest BCUT2D eigenvalue weighted by molar-refractivity contribution is 0.570. The van der Waals surface area contributed by atoms with Crippen molar-refractivity contribution in [3.05, 3.63) is 41.9 Å². The minimum atomic E-state index is -0.296. The van der Waals surface area contributed by atoms with Crippen LogP contribution in [0.5, 0.6) is 0 Å². The normalized spacial score (nSPS) is 9.87. The smallest absolute Gasteiger partial charge is 0.200 e. The van der Waals surface area contributed by atoms with Crippen LogP contribution in [0.1, 0.15) is 5.76 Å². The van der Waals surface area contributed by atoms with E-state index in [2.05, 4.69) is 5.92 Å². The molecule has 74 valence electrons. The zero-order valence-corrected chi connectivity index (χ0v) is 7.83. The van der Waals surface area contributed by atoms with Gasteiger partial charge < -0.3 is 10.2 Å². The van der Waals surface area contributed by atoms with E-state index in [0.717, 1.165) is 5.56 Å².